The molecule has 0 aliphatic heterocycles. The fourth-order valence-electron chi connectivity index (χ4n) is 3.98. The maximum Gasteiger partial charge on any atom is 0.338 e. The smallest absolute Gasteiger partial charge is 0.338 e. The Hall–Kier alpha value is -4.13. The van der Waals surface area contributed by atoms with E-state index in [1.807, 2.05) is 39.0 Å². The number of ether oxygens (including phenoxy) is 2. The van der Waals surface area contributed by atoms with E-state index in [-0.39, 0.29) is 17.8 Å². The van der Waals surface area contributed by atoms with E-state index in [1.165, 1.54) is 26.3 Å². The molecule has 0 saturated carbocycles. The van der Waals surface area contributed by atoms with Crippen molar-refractivity contribution < 1.29 is 27.9 Å². The van der Waals surface area contributed by atoms with Crippen LogP contribution in [0.2, 0.25) is 0 Å². The first kappa shape index (κ1) is 24.0. The minimum absolute atomic E-state index is 0.137. The van der Waals surface area contributed by atoms with Gasteiger partial charge in [-0.2, -0.15) is 0 Å². The molecule has 6 nitrogen and oxygen atoms in total. The molecule has 1 N–H and O–H groups in total. The van der Waals surface area contributed by atoms with Crippen LogP contribution in [0.3, 0.4) is 0 Å². The van der Waals surface area contributed by atoms with Crippen LogP contribution in [0.4, 0.5) is 4.39 Å². The van der Waals surface area contributed by atoms with Crippen molar-refractivity contribution in [3.05, 3.63) is 77.1 Å². The molecule has 0 atom stereocenters. The van der Waals surface area contributed by atoms with Crippen LogP contribution in [-0.2, 0) is 4.74 Å². The van der Waals surface area contributed by atoms with Crippen molar-refractivity contribution in [3.8, 4) is 28.2 Å². The Morgan fingerprint density at radius 2 is 1.69 bits per heavy atom. The van der Waals surface area contributed by atoms with Crippen molar-refractivity contribution in [3.63, 3.8) is 0 Å². The number of esters is 1. The van der Waals surface area contributed by atoms with Crippen LogP contribution in [0.1, 0.15) is 40.1 Å². The summed E-state index contributed by atoms with van der Waals surface area (Å²) < 4.78 is 30.7. The summed E-state index contributed by atoms with van der Waals surface area (Å²) >= 11 is 0. The standard InChI is InChI=1S/C28H26FNO5/c1-15(2)34-23-14-24-22(13-21(23)18-7-6-16(3)20(12-18)28(32)33-5)25(27(31)30-4)26(35-24)17-8-10-19(29)11-9-17/h6-15H,1-5H3,(H,30,31). The number of methoxy groups -OCH3 is 1. The van der Waals surface area contributed by atoms with E-state index in [1.54, 1.807) is 24.3 Å². The van der Waals surface area contributed by atoms with Crippen molar-refractivity contribution >= 4 is 22.8 Å². The van der Waals surface area contributed by atoms with Crippen LogP contribution in [0.5, 0.6) is 5.75 Å². The lowest BCUT2D eigenvalue weighted by molar-refractivity contribution is 0.0599. The third-order valence-corrected chi connectivity index (χ3v) is 5.67. The zero-order valence-corrected chi connectivity index (χ0v) is 20.2. The molecule has 0 bridgehead atoms. The van der Waals surface area contributed by atoms with Crippen LogP contribution in [0, 0.1) is 12.7 Å². The Kier molecular flexibility index (Phi) is 6.60. The lowest BCUT2D eigenvalue weighted by Crippen LogP contribution is -2.18. The van der Waals surface area contributed by atoms with Crippen LogP contribution in [0.15, 0.2) is 59.0 Å². The molecule has 0 unspecified atom stereocenters. The van der Waals surface area contributed by atoms with Gasteiger partial charge in [-0.3, -0.25) is 4.79 Å². The largest absolute Gasteiger partial charge is 0.490 e. The van der Waals surface area contributed by atoms with Crippen LogP contribution >= 0.6 is 0 Å². The van der Waals surface area contributed by atoms with Crippen molar-refractivity contribution in [1.82, 2.24) is 5.32 Å². The number of nitrogens with one attached hydrogen (secondary N) is 1. The first-order chi connectivity index (χ1) is 16.7. The lowest BCUT2D eigenvalue weighted by Gasteiger charge is -2.16. The van der Waals surface area contributed by atoms with Crippen LogP contribution in [-0.4, -0.2) is 32.1 Å². The Balaban J connectivity index is 2.01. The van der Waals surface area contributed by atoms with Crippen LogP contribution < -0.4 is 10.1 Å². The van der Waals surface area contributed by atoms with E-state index < -0.39 is 5.97 Å². The van der Waals surface area contributed by atoms with Gasteiger partial charge in [-0.1, -0.05) is 12.1 Å². The second kappa shape index (κ2) is 9.62. The molecule has 0 aliphatic rings. The second-order valence-corrected chi connectivity index (χ2v) is 8.42. The normalized spacial score (nSPS) is 11.1. The van der Waals surface area contributed by atoms with Gasteiger partial charge in [0, 0.05) is 29.6 Å². The van der Waals surface area contributed by atoms with Gasteiger partial charge >= 0.3 is 5.97 Å². The number of rotatable bonds is 6. The molecule has 1 amide bonds. The van der Waals surface area contributed by atoms with Crippen molar-refractivity contribution in [2.75, 3.05) is 14.2 Å². The molecule has 1 heterocycles. The third-order valence-electron chi connectivity index (χ3n) is 5.67. The first-order valence-electron chi connectivity index (χ1n) is 11.2. The molecular formula is C28H26FNO5. The van der Waals surface area contributed by atoms with Gasteiger partial charge in [0.05, 0.1) is 24.3 Å². The van der Waals surface area contributed by atoms with E-state index >= 15 is 0 Å². The predicted molar refractivity (Wildman–Crippen MR) is 132 cm³/mol. The summed E-state index contributed by atoms with van der Waals surface area (Å²) in [6.45, 7) is 5.65. The van der Waals surface area contributed by atoms with E-state index in [0.29, 0.717) is 44.7 Å². The Morgan fingerprint density at radius 1 is 1.00 bits per heavy atom. The fraction of sp³-hybridized carbons (Fsp3) is 0.214. The number of amides is 1. The number of benzene rings is 3. The molecular weight excluding hydrogens is 449 g/mol. The number of carbonyl (C=O) groups is 2. The number of aryl methyl sites for hydroxylation is 1. The van der Waals surface area contributed by atoms with Gasteiger partial charge < -0.3 is 19.2 Å². The third kappa shape index (κ3) is 4.62. The first-order valence-corrected chi connectivity index (χ1v) is 11.2. The molecule has 0 saturated heterocycles. The topological polar surface area (TPSA) is 77.8 Å². The number of hydrogen-bond acceptors (Lipinski definition) is 5. The van der Waals surface area contributed by atoms with Gasteiger partial charge in [0.25, 0.3) is 5.91 Å². The van der Waals surface area contributed by atoms with Crippen molar-refractivity contribution in [2.24, 2.45) is 0 Å². The molecule has 1 aromatic heterocycles. The maximum atomic E-state index is 13.5. The highest BCUT2D eigenvalue weighted by molar-refractivity contribution is 6.12. The zero-order chi connectivity index (χ0) is 25.3. The van der Waals surface area contributed by atoms with Gasteiger partial charge in [-0.25, -0.2) is 9.18 Å². The Labute approximate surface area is 202 Å². The summed E-state index contributed by atoms with van der Waals surface area (Å²) in [5, 5.41) is 3.23. The molecule has 0 aliphatic carbocycles. The minimum Gasteiger partial charge on any atom is -0.490 e. The second-order valence-electron chi connectivity index (χ2n) is 8.42. The molecule has 0 radical (unpaired) electrons. The SMILES string of the molecule is CNC(=O)c1c(-c2ccc(F)cc2)oc2cc(OC(C)C)c(-c3ccc(C)c(C(=O)OC)c3)cc12. The number of halogens is 1. The highest BCUT2D eigenvalue weighted by atomic mass is 19.1. The van der Waals surface area contributed by atoms with Gasteiger partial charge in [-0.15, -0.1) is 0 Å². The van der Waals surface area contributed by atoms with Gasteiger partial charge in [0.2, 0.25) is 0 Å². The van der Waals surface area contributed by atoms with Crippen molar-refractivity contribution in [1.29, 1.82) is 0 Å². The van der Waals surface area contributed by atoms with E-state index in [4.69, 9.17) is 13.9 Å². The monoisotopic (exact) mass is 475 g/mol. The van der Waals surface area contributed by atoms with Crippen molar-refractivity contribution in [2.45, 2.75) is 26.9 Å². The summed E-state index contributed by atoms with van der Waals surface area (Å²) in [6, 6.07) is 14.8. The lowest BCUT2D eigenvalue weighted by atomic mass is 9.96. The Morgan fingerprint density at radius 3 is 2.31 bits per heavy atom. The molecule has 4 aromatic rings. The van der Waals surface area contributed by atoms with E-state index in [0.717, 1.165) is 11.1 Å². The quantitative estimate of drug-likeness (QED) is 0.339. The molecule has 0 spiro atoms. The molecule has 4 rings (SSSR count). The molecule has 180 valence electrons. The van der Waals surface area contributed by atoms with Gasteiger partial charge in [0.15, 0.2) is 0 Å². The average molecular weight is 476 g/mol. The molecule has 3 aromatic carbocycles. The average Bonchev–Trinajstić information content (AvgIpc) is 3.21. The molecule has 7 heteroatoms. The number of carbonyl (C=O) groups excluding carboxylic acids is 2. The Bertz CT molecular complexity index is 1420. The van der Waals surface area contributed by atoms with Gasteiger partial charge in [0.1, 0.15) is 22.9 Å². The minimum atomic E-state index is -0.440. The van der Waals surface area contributed by atoms with E-state index in [9.17, 15) is 14.0 Å². The summed E-state index contributed by atoms with van der Waals surface area (Å²) in [5.41, 5.74) is 3.97. The number of fused-ring (bicyclic) bond motifs is 1. The summed E-state index contributed by atoms with van der Waals surface area (Å²) in [5.74, 6) is -0.307. The number of furan rings is 1. The summed E-state index contributed by atoms with van der Waals surface area (Å²) in [6.07, 6.45) is -0.137. The molecule has 35 heavy (non-hydrogen) atoms. The highest BCUT2D eigenvalue weighted by Gasteiger charge is 2.24. The number of hydrogen-bond donors (Lipinski definition) is 1. The molecule has 0 fully saturated rings. The summed E-state index contributed by atoms with van der Waals surface area (Å²) in [7, 11) is 2.88. The maximum absolute atomic E-state index is 13.5. The zero-order valence-electron chi connectivity index (χ0n) is 20.2. The summed E-state index contributed by atoms with van der Waals surface area (Å²) in [4.78, 5) is 25.3. The van der Waals surface area contributed by atoms with Gasteiger partial charge in [-0.05, 0) is 68.3 Å². The highest BCUT2D eigenvalue weighted by Crippen LogP contribution is 2.41. The van der Waals surface area contributed by atoms with Crippen LogP contribution in [0.25, 0.3) is 33.4 Å². The van der Waals surface area contributed by atoms with E-state index in [2.05, 4.69) is 5.32 Å². The fourth-order valence-corrected chi connectivity index (χ4v) is 3.98. The predicted octanol–water partition coefficient (Wildman–Crippen LogP) is 6.15.